The van der Waals surface area contributed by atoms with E-state index in [2.05, 4.69) is 12.2 Å². The molecule has 0 radical (unpaired) electrons. The smallest absolute Gasteiger partial charge is 0.263 e. The third-order valence-electron chi connectivity index (χ3n) is 3.78. The normalized spacial score (nSPS) is 16.5. The van der Waals surface area contributed by atoms with Gasteiger partial charge >= 0.3 is 0 Å². The first-order valence-electron chi connectivity index (χ1n) is 6.65. The van der Waals surface area contributed by atoms with E-state index < -0.39 is 0 Å². The van der Waals surface area contributed by atoms with Crippen LogP contribution < -0.4 is 11.1 Å². The van der Waals surface area contributed by atoms with Gasteiger partial charge < -0.3 is 11.1 Å². The standard InChI is InChI=1S/C15H18N2OS/c1-8-3-6-12-11(7-8)13(16)14(19-12)15(18)17-9(2)10-4-5-10/h3,6-7,9-10H,4-5,16H2,1-2H3,(H,17,18). The molecule has 1 amide bonds. The lowest BCUT2D eigenvalue weighted by atomic mass is 10.1. The second kappa shape index (κ2) is 4.53. The van der Waals surface area contributed by atoms with Crippen LogP contribution in [-0.2, 0) is 0 Å². The number of amides is 1. The minimum atomic E-state index is -0.0317. The van der Waals surface area contributed by atoms with Gasteiger partial charge in [-0.3, -0.25) is 4.79 Å². The van der Waals surface area contributed by atoms with E-state index in [1.54, 1.807) is 0 Å². The Morgan fingerprint density at radius 2 is 2.21 bits per heavy atom. The predicted molar refractivity (Wildman–Crippen MR) is 80.6 cm³/mol. The average Bonchev–Trinajstić information content (AvgIpc) is 3.16. The zero-order valence-electron chi connectivity index (χ0n) is 11.2. The third kappa shape index (κ3) is 2.32. The first kappa shape index (κ1) is 12.5. The molecule has 1 fully saturated rings. The van der Waals surface area contributed by atoms with Crippen LogP contribution in [0, 0.1) is 12.8 Å². The molecule has 3 rings (SSSR count). The fraction of sp³-hybridized carbons (Fsp3) is 0.400. The van der Waals surface area contributed by atoms with E-state index in [1.165, 1.54) is 24.2 Å². The molecule has 3 nitrogen and oxygen atoms in total. The maximum absolute atomic E-state index is 12.3. The van der Waals surface area contributed by atoms with Gasteiger partial charge in [-0.15, -0.1) is 11.3 Å². The van der Waals surface area contributed by atoms with Crippen molar-refractivity contribution in [1.82, 2.24) is 5.32 Å². The minimum absolute atomic E-state index is 0.0317. The van der Waals surface area contributed by atoms with Gasteiger partial charge in [-0.2, -0.15) is 0 Å². The number of hydrogen-bond donors (Lipinski definition) is 2. The highest BCUT2D eigenvalue weighted by Gasteiger charge is 2.29. The number of aryl methyl sites for hydroxylation is 1. The van der Waals surface area contributed by atoms with Crippen LogP contribution >= 0.6 is 11.3 Å². The summed E-state index contributed by atoms with van der Waals surface area (Å²) >= 11 is 1.48. The number of carbonyl (C=O) groups excluding carboxylic acids is 1. The Kier molecular flexibility index (Phi) is 2.97. The fourth-order valence-electron chi connectivity index (χ4n) is 2.39. The van der Waals surface area contributed by atoms with Crippen molar-refractivity contribution in [3.63, 3.8) is 0 Å². The summed E-state index contributed by atoms with van der Waals surface area (Å²) in [6.07, 6.45) is 2.45. The topological polar surface area (TPSA) is 55.1 Å². The van der Waals surface area contributed by atoms with Crippen LogP contribution in [0.4, 0.5) is 5.69 Å². The molecule has 1 saturated carbocycles. The molecule has 3 N–H and O–H groups in total. The van der Waals surface area contributed by atoms with Gasteiger partial charge in [0.1, 0.15) is 4.88 Å². The number of carbonyl (C=O) groups is 1. The van der Waals surface area contributed by atoms with Gasteiger partial charge in [0.2, 0.25) is 0 Å². The molecule has 0 spiro atoms. The minimum Gasteiger partial charge on any atom is -0.397 e. The average molecular weight is 274 g/mol. The molecule has 0 bridgehead atoms. The van der Waals surface area contributed by atoms with Gasteiger partial charge in [-0.1, -0.05) is 11.6 Å². The van der Waals surface area contributed by atoms with E-state index >= 15 is 0 Å². The van der Waals surface area contributed by atoms with Gasteiger partial charge in [-0.25, -0.2) is 0 Å². The Labute approximate surface area is 116 Å². The molecule has 0 saturated heterocycles. The molecular weight excluding hydrogens is 256 g/mol. The van der Waals surface area contributed by atoms with Crippen LogP contribution in [0.1, 0.15) is 35.0 Å². The maximum atomic E-state index is 12.3. The summed E-state index contributed by atoms with van der Waals surface area (Å²) in [5.41, 5.74) is 7.90. The Morgan fingerprint density at radius 3 is 2.89 bits per heavy atom. The molecular formula is C15H18N2OS. The Morgan fingerprint density at radius 1 is 1.47 bits per heavy atom. The number of fused-ring (bicyclic) bond motifs is 1. The third-order valence-corrected chi connectivity index (χ3v) is 4.96. The maximum Gasteiger partial charge on any atom is 0.263 e. The largest absolute Gasteiger partial charge is 0.397 e. The summed E-state index contributed by atoms with van der Waals surface area (Å²) in [5.74, 6) is 0.623. The van der Waals surface area contributed by atoms with E-state index in [0.29, 0.717) is 16.5 Å². The Bertz CT molecular complexity index is 643. The van der Waals surface area contributed by atoms with E-state index in [-0.39, 0.29) is 11.9 Å². The van der Waals surface area contributed by atoms with Gasteiger partial charge in [0, 0.05) is 16.1 Å². The summed E-state index contributed by atoms with van der Waals surface area (Å²) in [5, 5.41) is 4.06. The summed E-state index contributed by atoms with van der Waals surface area (Å²) in [4.78, 5) is 12.9. The van der Waals surface area contributed by atoms with Crippen molar-refractivity contribution in [2.24, 2.45) is 5.92 Å². The summed E-state index contributed by atoms with van der Waals surface area (Å²) < 4.78 is 1.08. The first-order valence-corrected chi connectivity index (χ1v) is 7.47. The molecule has 1 aliphatic carbocycles. The van der Waals surface area contributed by atoms with Crippen LogP contribution in [0.15, 0.2) is 18.2 Å². The number of rotatable bonds is 3. The molecule has 1 heterocycles. The molecule has 19 heavy (non-hydrogen) atoms. The van der Waals surface area contributed by atoms with Crippen LogP contribution in [0.25, 0.3) is 10.1 Å². The molecule has 4 heteroatoms. The van der Waals surface area contributed by atoms with Gasteiger partial charge in [0.15, 0.2) is 0 Å². The Balaban J connectivity index is 1.91. The van der Waals surface area contributed by atoms with E-state index in [1.807, 2.05) is 25.1 Å². The van der Waals surface area contributed by atoms with Crippen molar-refractivity contribution in [3.8, 4) is 0 Å². The second-order valence-corrected chi connectivity index (χ2v) is 6.50. The molecule has 1 aromatic heterocycles. The van der Waals surface area contributed by atoms with Crippen molar-refractivity contribution in [1.29, 1.82) is 0 Å². The van der Waals surface area contributed by atoms with Gasteiger partial charge in [0.05, 0.1) is 5.69 Å². The van der Waals surface area contributed by atoms with Crippen molar-refractivity contribution < 1.29 is 4.79 Å². The molecule has 2 aromatic rings. The zero-order valence-corrected chi connectivity index (χ0v) is 12.0. The summed E-state index contributed by atoms with van der Waals surface area (Å²) in [7, 11) is 0. The van der Waals surface area contributed by atoms with Crippen LogP contribution in [0.3, 0.4) is 0 Å². The van der Waals surface area contributed by atoms with E-state index in [9.17, 15) is 4.79 Å². The summed E-state index contributed by atoms with van der Waals surface area (Å²) in [6.45, 7) is 4.11. The number of nitrogen functional groups attached to an aromatic ring is 1. The van der Waals surface area contributed by atoms with E-state index in [4.69, 9.17) is 5.73 Å². The SMILES string of the molecule is Cc1ccc2sc(C(=O)NC(C)C3CC3)c(N)c2c1. The highest BCUT2D eigenvalue weighted by molar-refractivity contribution is 7.21. The van der Waals surface area contributed by atoms with Crippen molar-refractivity contribution in [2.45, 2.75) is 32.7 Å². The number of nitrogens with two attached hydrogens (primary N) is 1. The Hall–Kier alpha value is -1.55. The van der Waals surface area contributed by atoms with Gasteiger partial charge in [-0.05, 0) is 44.7 Å². The van der Waals surface area contributed by atoms with Crippen LogP contribution in [0.2, 0.25) is 0 Å². The number of benzene rings is 1. The summed E-state index contributed by atoms with van der Waals surface area (Å²) in [6, 6.07) is 6.38. The number of thiophene rings is 1. The number of anilines is 1. The lowest BCUT2D eigenvalue weighted by molar-refractivity contribution is 0.0941. The van der Waals surface area contributed by atoms with Crippen molar-refractivity contribution in [3.05, 3.63) is 28.6 Å². The molecule has 0 aliphatic heterocycles. The van der Waals surface area contributed by atoms with Crippen molar-refractivity contribution >= 4 is 33.0 Å². The van der Waals surface area contributed by atoms with E-state index in [0.717, 1.165) is 15.6 Å². The first-order chi connectivity index (χ1) is 9.06. The predicted octanol–water partition coefficient (Wildman–Crippen LogP) is 3.32. The van der Waals surface area contributed by atoms with Crippen molar-refractivity contribution in [2.75, 3.05) is 5.73 Å². The van der Waals surface area contributed by atoms with Gasteiger partial charge in [0.25, 0.3) is 5.91 Å². The monoisotopic (exact) mass is 274 g/mol. The lowest BCUT2D eigenvalue weighted by Crippen LogP contribution is -2.33. The molecule has 1 aliphatic rings. The lowest BCUT2D eigenvalue weighted by Gasteiger charge is -2.11. The number of hydrogen-bond acceptors (Lipinski definition) is 3. The quantitative estimate of drug-likeness (QED) is 0.902. The molecule has 1 unspecified atom stereocenters. The highest BCUT2D eigenvalue weighted by atomic mass is 32.1. The van der Waals surface area contributed by atoms with Crippen LogP contribution in [-0.4, -0.2) is 11.9 Å². The molecule has 1 atom stereocenters. The molecule has 1 aromatic carbocycles. The number of nitrogens with one attached hydrogen (secondary N) is 1. The second-order valence-electron chi connectivity index (χ2n) is 5.44. The molecule has 100 valence electrons. The highest BCUT2D eigenvalue weighted by Crippen LogP contribution is 2.35. The fourth-order valence-corrected chi connectivity index (χ4v) is 3.39. The van der Waals surface area contributed by atoms with Crippen LogP contribution in [0.5, 0.6) is 0 Å². The zero-order chi connectivity index (χ0) is 13.6.